The van der Waals surface area contributed by atoms with Crippen LogP contribution in [0.1, 0.15) is 21.5 Å². The van der Waals surface area contributed by atoms with Crippen LogP contribution in [0.3, 0.4) is 0 Å². The summed E-state index contributed by atoms with van der Waals surface area (Å²) in [6.45, 7) is 0. The monoisotopic (exact) mass is 792 g/mol. The van der Waals surface area contributed by atoms with Gasteiger partial charge in [-0.15, -0.1) is 0 Å². The fourth-order valence-electron chi connectivity index (χ4n) is 3.99. The van der Waals surface area contributed by atoms with E-state index in [1.54, 1.807) is 18.2 Å². The summed E-state index contributed by atoms with van der Waals surface area (Å²) in [5, 5.41) is 21.6. The van der Waals surface area contributed by atoms with Gasteiger partial charge < -0.3 is 19.7 Å². The van der Waals surface area contributed by atoms with E-state index in [0.717, 1.165) is 0 Å². The number of alkyl halides is 2. The Bertz CT molecular complexity index is 1280. The van der Waals surface area contributed by atoms with E-state index in [2.05, 4.69) is 63.7 Å². The smallest absolute Gasteiger partial charge is 0.505 e. The Morgan fingerprint density at radius 3 is 2.42 bits per heavy atom. The van der Waals surface area contributed by atoms with Crippen molar-refractivity contribution in [2.45, 2.75) is 14.9 Å². The fourth-order valence-corrected chi connectivity index (χ4v) is 6.45. The van der Waals surface area contributed by atoms with Crippen molar-refractivity contribution in [2.75, 3.05) is 0 Å². The topological polar surface area (TPSA) is 76.0 Å². The van der Waals surface area contributed by atoms with E-state index in [1.165, 1.54) is 12.1 Å². The molecule has 3 unspecified atom stereocenters. The van der Waals surface area contributed by atoms with Gasteiger partial charge in [0.15, 0.2) is 15.9 Å². The number of phenolic OH excluding ortho intramolecular Hbond substituents is 1. The molecule has 0 saturated carbocycles. The summed E-state index contributed by atoms with van der Waals surface area (Å²) in [6, 6.07) is 4.72. The molecule has 5 nitrogen and oxygen atoms in total. The Morgan fingerprint density at radius 1 is 1.12 bits per heavy atom. The molecule has 13 heteroatoms. The first-order valence-electron chi connectivity index (χ1n) is 8.61. The molecular weight excluding hydrogens is 789 g/mol. The van der Waals surface area contributed by atoms with Crippen LogP contribution in [-0.2, 0) is 10.3 Å². The third kappa shape index (κ3) is 4.62. The van der Waals surface area contributed by atoms with Crippen LogP contribution in [-0.4, -0.2) is 25.5 Å². The number of aliphatic hydroxyl groups is 1. The summed E-state index contributed by atoms with van der Waals surface area (Å²) in [7, 11) is 0. The van der Waals surface area contributed by atoms with Gasteiger partial charge in [0.1, 0.15) is 16.0 Å². The summed E-state index contributed by atoms with van der Waals surface area (Å²) in [5.41, 5.74) is -0.150. The zero-order valence-corrected chi connectivity index (χ0v) is 31.0. The van der Waals surface area contributed by atoms with Crippen molar-refractivity contribution in [3.05, 3.63) is 77.4 Å². The average Bonchev–Trinajstić information content (AvgIpc) is 3.01. The maximum Gasteiger partial charge on any atom is 1.00 e. The summed E-state index contributed by atoms with van der Waals surface area (Å²) in [6.07, 6.45) is 3.13. The maximum absolute atomic E-state index is 13.0. The fraction of sp³-hybridized carbons (Fsp3) is 0.150. The number of aromatic hydroxyl groups is 1. The Hall–Kier alpha value is 2.72. The minimum atomic E-state index is -1.53. The zero-order valence-electron chi connectivity index (χ0n) is 16.9. The van der Waals surface area contributed by atoms with Crippen LogP contribution in [0.2, 0.25) is 10.0 Å². The Balaban J connectivity index is 0.00000153. The number of ether oxygens (including phenoxy) is 2. The van der Waals surface area contributed by atoms with Crippen molar-refractivity contribution in [2.24, 2.45) is 0 Å². The molecule has 160 valence electrons. The molecular formula is C20H8Br4Cl2K2O5+2. The van der Waals surface area contributed by atoms with E-state index in [-0.39, 0.29) is 140 Å². The Kier molecular flexibility index (Phi) is 9.82. The van der Waals surface area contributed by atoms with E-state index in [4.69, 9.17) is 32.7 Å². The van der Waals surface area contributed by atoms with Crippen LogP contribution in [0.4, 0.5) is 0 Å². The third-order valence-corrected chi connectivity index (χ3v) is 9.59. The van der Waals surface area contributed by atoms with Crippen LogP contribution in [0.25, 0.3) is 0 Å². The molecule has 5 rings (SSSR count). The number of carbonyl (C=O) groups is 1. The van der Waals surface area contributed by atoms with Gasteiger partial charge in [-0.25, -0.2) is 4.79 Å². The van der Waals surface area contributed by atoms with Gasteiger partial charge in [-0.2, -0.15) is 0 Å². The van der Waals surface area contributed by atoms with Gasteiger partial charge in [0.2, 0.25) is 0 Å². The molecule has 0 radical (unpaired) electrons. The van der Waals surface area contributed by atoms with Gasteiger partial charge in [0, 0.05) is 22.2 Å². The van der Waals surface area contributed by atoms with Crippen LogP contribution < -0.4 is 108 Å². The number of rotatable bonds is 0. The minimum absolute atomic E-state index is 0. The number of hydrogen-bond acceptors (Lipinski definition) is 5. The largest absolute Gasteiger partial charge is 1.00 e. The number of esters is 1. The molecule has 0 amide bonds. The molecule has 0 bridgehead atoms. The number of halogens is 6. The SMILES string of the molecule is O=C1OC2(C3=CC(Br)C(O)(Br)C=C3Oc3c2cc(Br)c(O)c3Br)c2c(Cl)ccc(Cl)c21.[K+].[K+]. The van der Waals surface area contributed by atoms with Crippen molar-refractivity contribution in [1.82, 2.24) is 0 Å². The second-order valence-electron chi connectivity index (χ2n) is 7.07. The Morgan fingerprint density at radius 2 is 1.76 bits per heavy atom. The molecule has 33 heavy (non-hydrogen) atoms. The van der Waals surface area contributed by atoms with Gasteiger partial charge in [-0.05, 0) is 66.0 Å². The van der Waals surface area contributed by atoms with Gasteiger partial charge in [0.05, 0.1) is 25.4 Å². The molecule has 3 aliphatic rings. The van der Waals surface area contributed by atoms with Crippen molar-refractivity contribution in [3.8, 4) is 11.5 Å². The molecule has 3 atom stereocenters. The van der Waals surface area contributed by atoms with Gasteiger partial charge in [-0.1, -0.05) is 45.2 Å². The molecule has 0 aromatic heterocycles. The van der Waals surface area contributed by atoms with E-state index in [9.17, 15) is 15.0 Å². The van der Waals surface area contributed by atoms with E-state index >= 15 is 0 Å². The summed E-state index contributed by atoms with van der Waals surface area (Å²) < 4.78 is 11.2. The molecule has 2 aromatic carbocycles. The van der Waals surface area contributed by atoms with Crippen LogP contribution in [0.15, 0.2) is 50.6 Å². The van der Waals surface area contributed by atoms with E-state index in [1.807, 2.05) is 0 Å². The second-order valence-corrected chi connectivity index (χ2v) is 11.8. The number of benzene rings is 2. The molecule has 0 saturated heterocycles. The van der Waals surface area contributed by atoms with Crippen molar-refractivity contribution < 1.29 is 127 Å². The summed E-state index contributed by atoms with van der Waals surface area (Å²) in [4.78, 5) is 12.5. The van der Waals surface area contributed by atoms with Crippen LogP contribution >= 0.6 is 86.9 Å². The van der Waals surface area contributed by atoms with E-state index in [0.29, 0.717) is 21.2 Å². The van der Waals surface area contributed by atoms with Gasteiger partial charge in [-0.3, -0.25) is 0 Å². The molecule has 1 aliphatic carbocycles. The molecule has 2 heterocycles. The molecule has 1 spiro atoms. The van der Waals surface area contributed by atoms with E-state index < -0.39 is 20.9 Å². The predicted molar refractivity (Wildman–Crippen MR) is 130 cm³/mol. The predicted octanol–water partition coefficient (Wildman–Crippen LogP) is 0.709. The van der Waals surface area contributed by atoms with Crippen molar-refractivity contribution in [1.29, 1.82) is 0 Å². The van der Waals surface area contributed by atoms with Crippen LogP contribution in [0, 0.1) is 0 Å². The first kappa shape index (κ1) is 30.3. The average molecular weight is 797 g/mol. The maximum atomic E-state index is 13.0. The normalized spacial score (nSPS) is 26.5. The van der Waals surface area contributed by atoms with Gasteiger partial charge >= 0.3 is 109 Å². The number of fused-ring (bicyclic) bond motifs is 6. The second kappa shape index (κ2) is 10.7. The third-order valence-electron chi connectivity index (χ3n) is 5.32. The zero-order chi connectivity index (χ0) is 22.5. The molecule has 2 aliphatic heterocycles. The standard InChI is InChI=1S/C20H8Br4Cl2O5.2K/c21-8-3-7-17(15(23)16(8)27)30-11-5-19(24,29)12(22)4-6(11)20(7)14-10(26)2-1-9(25)13(14)18(28)31-20;;/h1-5,12,27,29H;;/q;2*+1. The number of phenols is 1. The quantitative estimate of drug-likeness (QED) is 0.234. The summed E-state index contributed by atoms with van der Waals surface area (Å²) >= 11 is 26.4. The molecule has 0 fully saturated rings. The molecule has 2 N–H and O–H groups in total. The minimum Gasteiger partial charge on any atom is -0.505 e. The molecule has 2 aromatic rings. The first-order chi connectivity index (χ1) is 14.5. The first-order valence-corrected chi connectivity index (χ1v) is 12.7. The van der Waals surface area contributed by atoms with Crippen LogP contribution in [0.5, 0.6) is 11.5 Å². The van der Waals surface area contributed by atoms with Crippen molar-refractivity contribution >= 4 is 92.9 Å². The van der Waals surface area contributed by atoms with Crippen molar-refractivity contribution in [3.63, 3.8) is 0 Å². The summed E-state index contributed by atoms with van der Waals surface area (Å²) in [5.74, 6) is -0.326. The van der Waals surface area contributed by atoms with Gasteiger partial charge in [0.25, 0.3) is 0 Å². The number of carbonyl (C=O) groups excluding carboxylic acids is 1. The Labute approximate surface area is 317 Å². The number of hydrogen-bond donors (Lipinski definition) is 2.